The van der Waals surface area contributed by atoms with E-state index in [0.717, 1.165) is 12.8 Å². The van der Waals surface area contributed by atoms with Crippen molar-refractivity contribution in [3.8, 4) is 0 Å². The van der Waals surface area contributed by atoms with Crippen molar-refractivity contribution in [2.24, 2.45) is 0 Å². The van der Waals surface area contributed by atoms with Gasteiger partial charge >= 0.3 is 0 Å². The third-order valence-corrected chi connectivity index (χ3v) is 1.21. The molecule has 1 radical (unpaired) electrons. The summed E-state index contributed by atoms with van der Waals surface area (Å²) in [5.41, 5.74) is 2.57. The van der Waals surface area contributed by atoms with Gasteiger partial charge in [0.2, 0.25) is 0 Å². The number of hydrogen-bond acceptors (Lipinski definition) is 0. The molecule has 0 aliphatic carbocycles. The second kappa shape index (κ2) is 5.28. The fraction of sp³-hybridized carbons (Fsp3) is 0.500. The van der Waals surface area contributed by atoms with E-state index in [0.29, 0.717) is 0 Å². The summed E-state index contributed by atoms with van der Waals surface area (Å²) in [4.78, 5) is 0. The van der Waals surface area contributed by atoms with Crippen LogP contribution in [0.5, 0.6) is 0 Å². The normalized spacial score (nSPS) is 11.4. The molecule has 0 aromatic rings. The van der Waals surface area contributed by atoms with E-state index in [1.54, 1.807) is 0 Å². The van der Waals surface area contributed by atoms with Crippen molar-refractivity contribution in [2.45, 2.75) is 33.6 Å². The van der Waals surface area contributed by atoms with Crippen molar-refractivity contribution in [1.82, 2.24) is 0 Å². The molecule has 0 aliphatic rings. The molecular formula is C10H17. The summed E-state index contributed by atoms with van der Waals surface area (Å²) in [6.45, 7) is 10.1. The van der Waals surface area contributed by atoms with Crippen LogP contribution in [0, 0.1) is 6.92 Å². The lowest BCUT2D eigenvalue weighted by Gasteiger charge is -1.90. The fourth-order valence-electron chi connectivity index (χ4n) is 0.702. The van der Waals surface area contributed by atoms with Crippen LogP contribution in [-0.2, 0) is 0 Å². The standard InChI is InChI=1S/C10H17/c1-9(2)7-5-6-8-10(3)4/h7-8H,1,5-6H2,2-4H3/b9-7+. The van der Waals surface area contributed by atoms with Crippen LogP contribution in [0.15, 0.2) is 23.3 Å². The predicted octanol–water partition coefficient (Wildman–Crippen LogP) is 3.51. The summed E-state index contributed by atoms with van der Waals surface area (Å²) in [6, 6.07) is 0. The van der Waals surface area contributed by atoms with Gasteiger partial charge in [0, 0.05) is 0 Å². The van der Waals surface area contributed by atoms with Gasteiger partial charge in [0.1, 0.15) is 0 Å². The minimum absolute atomic E-state index is 1.13. The smallest absolute Gasteiger partial charge is 0.0286 e. The first-order valence-corrected chi connectivity index (χ1v) is 3.75. The van der Waals surface area contributed by atoms with E-state index in [1.807, 2.05) is 6.92 Å². The maximum absolute atomic E-state index is 3.80. The molecular weight excluding hydrogens is 120 g/mol. The lowest BCUT2D eigenvalue weighted by atomic mass is 10.2. The van der Waals surface area contributed by atoms with Gasteiger partial charge in [-0.25, -0.2) is 0 Å². The van der Waals surface area contributed by atoms with Gasteiger partial charge in [-0.1, -0.05) is 23.3 Å². The van der Waals surface area contributed by atoms with Crippen LogP contribution < -0.4 is 0 Å². The van der Waals surface area contributed by atoms with Crippen LogP contribution in [0.4, 0.5) is 0 Å². The van der Waals surface area contributed by atoms with Gasteiger partial charge in [-0.2, -0.15) is 0 Å². The number of rotatable bonds is 3. The summed E-state index contributed by atoms with van der Waals surface area (Å²) in [6.07, 6.45) is 6.69. The zero-order chi connectivity index (χ0) is 7.98. The zero-order valence-corrected chi connectivity index (χ0v) is 7.28. The molecule has 0 heteroatoms. The average Bonchev–Trinajstić information content (AvgIpc) is 1.79. The Balaban J connectivity index is 3.39. The summed E-state index contributed by atoms with van der Waals surface area (Å²) in [5, 5.41) is 0. The van der Waals surface area contributed by atoms with Gasteiger partial charge in [-0.05, 0) is 40.5 Å². The van der Waals surface area contributed by atoms with E-state index in [-0.39, 0.29) is 0 Å². The molecule has 0 fully saturated rings. The number of unbranched alkanes of at least 4 members (excludes halogenated alkanes) is 1. The quantitative estimate of drug-likeness (QED) is 0.412. The SMILES string of the molecule is [CH2]/C(C)=C\CCC=C(C)C. The second-order valence-electron chi connectivity index (χ2n) is 2.91. The predicted molar refractivity (Wildman–Crippen MR) is 47.8 cm³/mol. The molecule has 0 bridgehead atoms. The summed E-state index contributed by atoms with van der Waals surface area (Å²) in [5.74, 6) is 0. The molecule has 0 spiro atoms. The third kappa shape index (κ3) is 7.48. The molecule has 0 atom stereocenters. The molecule has 0 nitrogen and oxygen atoms in total. The van der Waals surface area contributed by atoms with Crippen LogP contribution in [-0.4, -0.2) is 0 Å². The van der Waals surface area contributed by atoms with Crippen LogP contribution >= 0.6 is 0 Å². The first-order chi connectivity index (χ1) is 4.63. The Bertz CT molecular complexity index is 112. The minimum atomic E-state index is 1.13. The maximum Gasteiger partial charge on any atom is -0.0286 e. The Morgan fingerprint density at radius 3 is 2.00 bits per heavy atom. The highest BCUT2D eigenvalue weighted by Gasteiger charge is 1.79. The highest BCUT2D eigenvalue weighted by molar-refractivity contribution is 5.02. The Hall–Kier alpha value is -0.520. The minimum Gasteiger partial charge on any atom is -0.0856 e. The van der Waals surface area contributed by atoms with E-state index in [2.05, 4.69) is 32.9 Å². The van der Waals surface area contributed by atoms with Crippen molar-refractivity contribution >= 4 is 0 Å². The van der Waals surface area contributed by atoms with Gasteiger partial charge in [-0.15, -0.1) is 0 Å². The fourth-order valence-corrected chi connectivity index (χ4v) is 0.702. The van der Waals surface area contributed by atoms with Gasteiger partial charge < -0.3 is 0 Å². The summed E-state index contributed by atoms with van der Waals surface area (Å²) in [7, 11) is 0. The van der Waals surface area contributed by atoms with Crippen molar-refractivity contribution in [3.05, 3.63) is 30.2 Å². The van der Waals surface area contributed by atoms with Crippen LogP contribution in [0.3, 0.4) is 0 Å². The lowest BCUT2D eigenvalue weighted by molar-refractivity contribution is 1.02. The molecule has 0 saturated heterocycles. The van der Waals surface area contributed by atoms with E-state index in [4.69, 9.17) is 0 Å². The zero-order valence-electron chi connectivity index (χ0n) is 7.28. The van der Waals surface area contributed by atoms with Gasteiger partial charge in [0.25, 0.3) is 0 Å². The van der Waals surface area contributed by atoms with Gasteiger partial charge in [0.15, 0.2) is 0 Å². The topological polar surface area (TPSA) is 0 Å². The average molecular weight is 137 g/mol. The van der Waals surface area contributed by atoms with Crippen LogP contribution in [0.1, 0.15) is 33.6 Å². The molecule has 0 rings (SSSR count). The lowest BCUT2D eigenvalue weighted by Crippen LogP contribution is -1.70. The molecule has 0 aromatic carbocycles. The molecule has 0 heterocycles. The Labute approximate surface area is 64.6 Å². The molecule has 0 saturated carbocycles. The monoisotopic (exact) mass is 137 g/mol. The highest BCUT2D eigenvalue weighted by atomic mass is 13.9. The number of allylic oxidation sites excluding steroid dienone is 4. The van der Waals surface area contributed by atoms with E-state index in [9.17, 15) is 0 Å². The van der Waals surface area contributed by atoms with E-state index >= 15 is 0 Å². The van der Waals surface area contributed by atoms with Crippen LogP contribution in [0.2, 0.25) is 0 Å². The molecule has 57 valence electrons. The van der Waals surface area contributed by atoms with E-state index < -0.39 is 0 Å². The first-order valence-electron chi connectivity index (χ1n) is 3.75. The Morgan fingerprint density at radius 1 is 1.10 bits per heavy atom. The molecule has 0 aliphatic heterocycles. The van der Waals surface area contributed by atoms with Gasteiger partial charge in [-0.3, -0.25) is 0 Å². The largest absolute Gasteiger partial charge is 0.0856 e. The molecule has 0 unspecified atom stereocenters. The van der Waals surface area contributed by atoms with Crippen molar-refractivity contribution < 1.29 is 0 Å². The van der Waals surface area contributed by atoms with Crippen molar-refractivity contribution in [2.75, 3.05) is 0 Å². The van der Waals surface area contributed by atoms with Crippen LogP contribution in [0.25, 0.3) is 0 Å². The highest BCUT2D eigenvalue weighted by Crippen LogP contribution is 2.00. The summed E-state index contributed by atoms with van der Waals surface area (Å²) < 4.78 is 0. The van der Waals surface area contributed by atoms with Gasteiger partial charge in [0.05, 0.1) is 0 Å². The molecule has 10 heavy (non-hydrogen) atoms. The summed E-state index contributed by atoms with van der Waals surface area (Å²) >= 11 is 0. The first kappa shape index (κ1) is 9.48. The maximum atomic E-state index is 3.80. The van der Waals surface area contributed by atoms with Crippen molar-refractivity contribution in [3.63, 3.8) is 0 Å². The van der Waals surface area contributed by atoms with Crippen molar-refractivity contribution in [1.29, 1.82) is 0 Å². The molecule has 0 amide bonds. The third-order valence-electron chi connectivity index (χ3n) is 1.21. The van der Waals surface area contributed by atoms with E-state index in [1.165, 1.54) is 11.1 Å². The Morgan fingerprint density at radius 2 is 1.60 bits per heavy atom. The number of hydrogen-bond donors (Lipinski definition) is 0. The molecule has 0 aromatic heterocycles. The molecule has 0 N–H and O–H groups in total. The Kier molecular flexibility index (Phi) is 5.00. The second-order valence-corrected chi connectivity index (χ2v) is 2.91.